The molecule has 3 atom stereocenters. The van der Waals surface area contributed by atoms with Gasteiger partial charge in [0.25, 0.3) is 8.32 Å². The van der Waals surface area contributed by atoms with Gasteiger partial charge in [0, 0.05) is 0 Å². The average Bonchev–Trinajstić information content (AvgIpc) is 2.66. The molecule has 0 saturated carbocycles. The summed E-state index contributed by atoms with van der Waals surface area (Å²) in [5.74, 6) is 6.76. The van der Waals surface area contributed by atoms with Crippen LogP contribution in [0.3, 0.4) is 0 Å². The van der Waals surface area contributed by atoms with Crippen LogP contribution in [-0.4, -0.2) is 25.6 Å². The van der Waals surface area contributed by atoms with E-state index in [-0.39, 0.29) is 17.2 Å². The Hall–Kier alpha value is -1.86. The highest BCUT2D eigenvalue weighted by molar-refractivity contribution is 6.99. The third-order valence-electron chi connectivity index (χ3n) is 5.40. The van der Waals surface area contributed by atoms with Crippen molar-refractivity contribution >= 4 is 18.7 Å². The molecule has 29 heavy (non-hydrogen) atoms. The Morgan fingerprint density at radius 3 is 1.76 bits per heavy atom. The number of aliphatic hydroxyl groups excluding tert-OH is 1. The smallest absolute Gasteiger partial charge is 0.262 e. The number of rotatable bonds is 8. The molecular weight excluding hydrogens is 372 g/mol. The fourth-order valence-electron chi connectivity index (χ4n) is 4.25. The fourth-order valence-corrected chi connectivity index (χ4v) is 8.84. The number of hydrogen-bond acceptors (Lipinski definition) is 2. The Morgan fingerprint density at radius 1 is 0.897 bits per heavy atom. The van der Waals surface area contributed by atoms with Gasteiger partial charge < -0.3 is 9.53 Å². The van der Waals surface area contributed by atoms with Gasteiger partial charge in [-0.25, -0.2) is 0 Å². The normalized spacial score (nSPS) is 15.1. The summed E-state index contributed by atoms with van der Waals surface area (Å²) in [4.78, 5) is 0. The second-order valence-electron chi connectivity index (χ2n) is 9.09. The summed E-state index contributed by atoms with van der Waals surface area (Å²) in [5, 5.41) is 12.3. The van der Waals surface area contributed by atoms with E-state index in [4.69, 9.17) is 4.43 Å². The van der Waals surface area contributed by atoms with Gasteiger partial charge in [-0.3, -0.25) is 0 Å². The molecule has 1 N–H and O–H groups in total. The van der Waals surface area contributed by atoms with Gasteiger partial charge in [0.15, 0.2) is 0 Å². The molecule has 3 heteroatoms. The Labute approximate surface area is 178 Å². The first-order chi connectivity index (χ1) is 13.7. The van der Waals surface area contributed by atoms with Crippen LogP contribution in [0.2, 0.25) is 5.04 Å². The van der Waals surface area contributed by atoms with E-state index in [2.05, 4.69) is 100 Å². The van der Waals surface area contributed by atoms with Gasteiger partial charge in [0.2, 0.25) is 0 Å². The lowest BCUT2D eigenvalue weighted by atomic mass is 9.98. The molecule has 0 bridgehead atoms. The van der Waals surface area contributed by atoms with Gasteiger partial charge >= 0.3 is 0 Å². The van der Waals surface area contributed by atoms with Crippen LogP contribution >= 0.6 is 0 Å². The Kier molecular flexibility index (Phi) is 8.28. The van der Waals surface area contributed by atoms with E-state index >= 15 is 0 Å². The van der Waals surface area contributed by atoms with Crippen LogP contribution < -0.4 is 10.4 Å². The summed E-state index contributed by atoms with van der Waals surface area (Å²) in [6.07, 6.45) is 1.09. The minimum atomic E-state index is -2.62. The van der Waals surface area contributed by atoms with Gasteiger partial charge in [0.05, 0.1) is 6.10 Å². The summed E-state index contributed by atoms with van der Waals surface area (Å²) in [6.45, 7) is 12.8. The SMILES string of the molecule is CC#CC(C[C@H](C)C[C@H](C)O)O[Si](c1ccccc1)(c1ccccc1)C(C)(C)C. The van der Waals surface area contributed by atoms with Crippen LogP contribution in [0, 0.1) is 17.8 Å². The number of benzene rings is 2. The minimum absolute atomic E-state index is 0.0725. The Balaban J connectivity index is 2.58. The summed E-state index contributed by atoms with van der Waals surface area (Å²) >= 11 is 0. The molecule has 0 fully saturated rings. The minimum Gasteiger partial charge on any atom is -0.394 e. The number of hydrogen-bond donors (Lipinski definition) is 1. The Morgan fingerprint density at radius 2 is 1.38 bits per heavy atom. The highest BCUT2D eigenvalue weighted by Crippen LogP contribution is 2.38. The average molecular weight is 409 g/mol. The molecule has 2 rings (SSSR count). The predicted molar refractivity (Wildman–Crippen MR) is 126 cm³/mol. The molecule has 2 nitrogen and oxygen atoms in total. The van der Waals surface area contributed by atoms with E-state index in [9.17, 15) is 5.11 Å². The van der Waals surface area contributed by atoms with Crippen LogP contribution in [0.5, 0.6) is 0 Å². The maximum atomic E-state index is 9.82. The lowest BCUT2D eigenvalue weighted by Gasteiger charge is -2.44. The first kappa shape index (κ1) is 23.4. The van der Waals surface area contributed by atoms with E-state index < -0.39 is 8.32 Å². The lowest BCUT2D eigenvalue weighted by Crippen LogP contribution is -2.67. The molecule has 2 aromatic carbocycles. The van der Waals surface area contributed by atoms with Crippen LogP contribution in [0.4, 0.5) is 0 Å². The summed E-state index contributed by atoms with van der Waals surface area (Å²) in [7, 11) is -2.62. The predicted octanol–water partition coefficient (Wildman–Crippen LogP) is 4.75. The second kappa shape index (κ2) is 10.3. The van der Waals surface area contributed by atoms with Crippen molar-refractivity contribution in [3.8, 4) is 11.8 Å². The second-order valence-corrected chi connectivity index (χ2v) is 13.3. The molecule has 0 saturated heterocycles. The molecule has 0 aliphatic carbocycles. The van der Waals surface area contributed by atoms with Gasteiger partial charge in [-0.2, -0.15) is 0 Å². The highest BCUT2D eigenvalue weighted by Gasteiger charge is 2.51. The van der Waals surface area contributed by atoms with Crippen molar-refractivity contribution in [3.63, 3.8) is 0 Å². The van der Waals surface area contributed by atoms with Crippen molar-refractivity contribution in [1.82, 2.24) is 0 Å². The van der Waals surface area contributed by atoms with Crippen molar-refractivity contribution in [3.05, 3.63) is 60.7 Å². The zero-order valence-corrected chi connectivity index (χ0v) is 19.8. The topological polar surface area (TPSA) is 29.5 Å². The molecule has 0 amide bonds. The van der Waals surface area contributed by atoms with E-state index in [0.29, 0.717) is 5.92 Å². The van der Waals surface area contributed by atoms with Crippen LogP contribution in [0.25, 0.3) is 0 Å². The van der Waals surface area contributed by atoms with E-state index in [1.807, 2.05) is 13.8 Å². The quantitative estimate of drug-likeness (QED) is 0.504. The lowest BCUT2D eigenvalue weighted by molar-refractivity contribution is 0.143. The van der Waals surface area contributed by atoms with Crippen molar-refractivity contribution in [2.75, 3.05) is 0 Å². The maximum absolute atomic E-state index is 9.82. The summed E-state index contributed by atoms with van der Waals surface area (Å²) in [6, 6.07) is 21.4. The van der Waals surface area contributed by atoms with Crippen molar-refractivity contribution < 1.29 is 9.53 Å². The number of aliphatic hydroxyl groups is 1. The molecule has 0 heterocycles. The van der Waals surface area contributed by atoms with Crippen LogP contribution in [-0.2, 0) is 4.43 Å². The molecule has 0 aliphatic rings. The molecule has 0 aromatic heterocycles. The molecule has 156 valence electrons. The first-order valence-corrected chi connectivity index (χ1v) is 12.5. The first-order valence-electron chi connectivity index (χ1n) is 10.6. The van der Waals surface area contributed by atoms with Crippen LogP contribution in [0.1, 0.15) is 54.4 Å². The molecular formula is C26H36O2Si. The van der Waals surface area contributed by atoms with Gasteiger partial charge in [-0.05, 0) is 48.0 Å². The Bertz CT molecular complexity index is 758. The zero-order valence-electron chi connectivity index (χ0n) is 18.8. The maximum Gasteiger partial charge on any atom is 0.262 e. The van der Waals surface area contributed by atoms with Crippen molar-refractivity contribution in [2.24, 2.45) is 5.92 Å². The summed E-state index contributed by atoms with van der Waals surface area (Å²) < 4.78 is 7.15. The van der Waals surface area contributed by atoms with E-state index in [0.717, 1.165) is 12.8 Å². The molecule has 2 aromatic rings. The standard InChI is InChI=1S/C26H36O2Si/c1-7-14-23(20-21(2)19-22(3)27)28-29(26(4,5)6,24-15-10-8-11-16-24)25-17-12-9-13-18-25/h8-13,15-18,21-23,27H,19-20H2,1-6H3/t21-,22+,23?/m1/s1. The summed E-state index contributed by atoms with van der Waals surface area (Å²) in [5.41, 5.74) is 0. The monoisotopic (exact) mass is 408 g/mol. The van der Waals surface area contributed by atoms with Gasteiger partial charge in [-0.1, -0.05) is 94.3 Å². The largest absolute Gasteiger partial charge is 0.394 e. The van der Waals surface area contributed by atoms with Crippen molar-refractivity contribution in [2.45, 2.75) is 71.6 Å². The molecule has 1 unspecified atom stereocenters. The zero-order chi connectivity index (χ0) is 21.5. The third kappa shape index (κ3) is 5.82. The molecule has 0 spiro atoms. The van der Waals surface area contributed by atoms with Gasteiger partial charge in [-0.15, -0.1) is 5.92 Å². The van der Waals surface area contributed by atoms with E-state index in [1.165, 1.54) is 10.4 Å². The molecule has 0 radical (unpaired) electrons. The van der Waals surface area contributed by atoms with Crippen LogP contribution in [0.15, 0.2) is 60.7 Å². The fraction of sp³-hybridized carbons (Fsp3) is 0.462. The highest BCUT2D eigenvalue weighted by atomic mass is 28.4. The van der Waals surface area contributed by atoms with Crippen molar-refractivity contribution in [1.29, 1.82) is 0 Å². The van der Waals surface area contributed by atoms with E-state index in [1.54, 1.807) is 0 Å². The third-order valence-corrected chi connectivity index (χ3v) is 10.4. The molecule has 0 aliphatic heterocycles. The van der Waals surface area contributed by atoms with Gasteiger partial charge in [0.1, 0.15) is 6.10 Å².